The standard InChI is InChI=1S/C14H13ClO3/c1-8(14(16)17)9-3-5-11-10(7-9)4-6-12(18-2)13(11)15/h3-8H,1-2H3,(H,16,17)/t8-/m0/s1. The van der Waals surface area contributed by atoms with Gasteiger partial charge in [0.1, 0.15) is 5.75 Å². The van der Waals surface area contributed by atoms with Gasteiger partial charge in [0, 0.05) is 5.39 Å². The molecule has 0 aliphatic carbocycles. The fourth-order valence-corrected chi connectivity index (χ4v) is 2.17. The van der Waals surface area contributed by atoms with Gasteiger partial charge in [-0.3, -0.25) is 4.79 Å². The molecule has 18 heavy (non-hydrogen) atoms. The van der Waals surface area contributed by atoms with Gasteiger partial charge in [0.25, 0.3) is 0 Å². The van der Waals surface area contributed by atoms with Crippen LogP contribution in [0.4, 0.5) is 0 Å². The molecule has 0 saturated carbocycles. The van der Waals surface area contributed by atoms with Gasteiger partial charge in [-0.15, -0.1) is 0 Å². The van der Waals surface area contributed by atoms with Crippen LogP contribution in [0.5, 0.6) is 5.75 Å². The molecule has 0 aliphatic heterocycles. The first-order valence-electron chi connectivity index (χ1n) is 5.53. The van der Waals surface area contributed by atoms with Crippen LogP contribution in [-0.4, -0.2) is 18.2 Å². The molecule has 0 saturated heterocycles. The third kappa shape index (κ3) is 2.14. The van der Waals surface area contributed by atoms with Crippen molar-refractivity contribution in [2.75, 3.05) is 7.11 Å². The Labute approximate surface area is 110 Å². The number of ether oxygens (including phenoxy) is 1. The van der Waals surface area contributed by atoms with Gasteiger partial charge in [-0.1, -0.05) is 35.9 Å². The van der Waals surface area contributed by atoms with Crippen molar-refractivity contribution in [1.82, 2.24) is 0 Å². The van der Waals surface area contributed by atoms with Gasteiger partial charge in [-0.25, -0.2) is 0 Å². The molecule has 2 aromatic rings. The molecular formula is C14H13ClO3. The lowest BCUT2D eigenvalue weighted by atomic mass is 9.98. The average molecular weight is 265 g/mol. The Morgan fingerprint density at radius 2 is 2.06 bits per heavy atom. The number of carboxylic acid groups (broad SMARTS) is 1. The Kier molecular flexibility index (Phi) is 3.43. The van der Waals surface area contributed by atoms with Gasteiger partial charge < -0.3 is 9.84 Å². The maximum atomic E-state index is 11.0. The van der Waals surface area contributed by atoms with E-state index in [1.54, 1.807) is 26.2 Å². The summed E-state index contributed by atoms with van der Waals surface area (Å²) in [5.41, 5.74) is 0.760. The number of rotatable bonds is 3. The van der Waals surface area contributed by atoms with Crippen LogP contribution in [0.25, 0.3) is 10.8 Å². The molecule has 1 atom stereocenters. The highest BCUT2D eigenvalue weighted by atomic mass is 35.5. The number of carboxylic acids is 1. The van der Waals surface area contributed by atoms with Crippen molar-refractivity contribution < 1.29 is 14.6 Å². The van der Waals surface area contributed by atoms with E-state index < -0.39 is 11.9 Å². The summed E-state index contributed by atoms with van der Waals surface area (Å²) >= 11 is 6.19. The Bertz CT molecular complexity index is 607. The topological polar surface area (TPSA) is 46.5 Å². The zero-order chi connectivity index (χ0) is 13.3. The van der Waals surface area contributed by atoms with Crippen molar-refractivity contribution in [3.05, 3.63) is 40.9 Å². The molecule has 1 N–H and O–H groups in total. The average Bonchev–Trinajstić information content (AvgIpc) is 2.37. The molecule has 0 aliphatic rings. The minimum atomic E-state index is -0.839. The van der Waals surface area contributed by atoms with Crippen LogP contribution < -0.4 is 4.74 Å². The van der Waals surface area contributed by atoms with Crippen LogP contribution in [0, 0.1) is 0 Å². The van der Waals surface area contributed by atoms with Crippen molar-refractivity contribution in [3.8, 4) is 5.75 Å². The van der Waals surface area contributed by atoms with E-state index in [4.69, 9.17) is 21.4 Å². The first-order valence-corrected chi connectivity index (χ1v) is 5.91. The van der Waals surface area contributed by atoms with E-state index in [9.17, 15) is 4.79 Å². The SMILES string of the molecule is COc1ccc2cc([C@H](C)C(=O)O)ccc2c1Cl. The summed E-state index contributed by atoms with van der Waals surface area (Å²) < 4.78 is 5.14. The van der Waals surface area contributed by atoms with Gasteiger partial charge >= 0.3 is 5.97 Å². The lowest BCUT2D eigenvalue weighted by molar-refractivity contribution is -0.138. The summed E-state index contributed by atoms with van der Waals surface area (Å²) in [7, 11) is 1.56. The fourth-order valence-electron chi connectivity index (χ4n) is 1.86. The van der Waals surface area contributed by atoms with E-state index in [0.717, 1.165) is 16.3 Å². The monoisotopic (exact) mass is 264 g/mol. The molecule has 0 fully saturated rings. The zero-order valence-electron chi connectivity index (χ0n) is 10.1. The van der Waals surface area contributed by atoms with Gasteiger partial charge in [-0.05, 0) is 23.9 Å². The molecule has 0 heterocycles. The maximum Gasteiger partial charge on any atom is 0.310 e. The van der Waals surface area contributed by atoms with Crippen LogP contribution in [0.2, 0.25) is 5.02 Å². The predicted octanol–water partition coefficient (Wildman–Crippen LogP) is 3.69. The van der Waals surface area contributed by atoms with Crippen molar-refractivity contribution in [2.24, 2.45) is 0 Å². The number of hydrogen-bond acceptors (Lipinski definition) is 2. The summed E-state index contributed by atoms with van der Waals surface area (Å²) in [6.07, 6.45) is 0. The van der Waals surface area contributed by atoms with Gasteiger partial charge in [0.05, 0.1) is 18.1 Å². The van der Waals surface area contributed by atoms with E-state index in [1.165, 1.54) is 0 Å². The summed E-state index contributed by atoms with van der Waals surface area (Å²) in [4.78, 5) is 11.0. The lowest BCUT2D eigenvalue weighted by Crippen LogP contribution is -2.07. The Morgan fingerprint density at radius 1 is 1.33 bits per heavy atom. The number of methoxy groups -OCH3 is 1. The number of carbonyl (C=O) groups is 1. The van der Waals surface area contributed by atoms with Crippen LogP contribution >= 0.6 is 11.6 Å². The quantitative estimate of drug-likeness (QED) is 0.920. The number of benzene rings is 2. The number of hydrogen-bond donors (Lipinski definition) is 1. The molecular weight excluding hydrogens is 252 g/mol. The fraction of sp³-hybridized carbons (Fsp3) is 0.214. The van der Waals surface area contributed by atoms with Crippen LogP contribution in [0.3, 0.4) is 0 Å². The Balaban J connectivity index is 2.57. The van der Waals surface area contributed by atoms with E-state index >= 15 is 0 Å². The molecule has 0 amide bonds. The molecule has 0 bridgehead atoms. The third-order valence-corrected chi connectivity index (χ3v) is 3.42. The van der Waals surface area contributed by atoms with E-state index in [0.29, 0.717) is 10.8 Å². The van der Waals surface area contributed by atoms with E-state index in [1.807, 2.05) is 18.2 Å². The molecule has 0 aromatic heterocycles. The molecule has 2 aromatic carbocycles. The number of fused-ring (bicyclic) bond motifs is 1. The third-order valence-electron chi connectivity index (χ3n) is 3.03. The highest BCUT2D eigenvalue weighted by Gasteiger charge is 2.14. The highest BCUT2D eigenvalue weighted by molar-refractivity contribution is 6.37. The van der Waals surface area contributed by atoms with Gasteiger partial charge in [-0.2, -0.15) is 0 Å². The molecule has 4 heteroatoms. The predicted molar refractivity (Wildman–Crippen MR) is 71.6 cm³/mol. The summed E-state index contributed by atoms with van der Waals surface area (Å²) in [5.74, 6) is -0.757. The minimum Gasteiger partial charge on any atom is -0.495 e. The molecule has 0 spiro atoms. The van der Waals surface area contributed by atoms with Crippen molar-refractivity contribution in [2.45, 2.75) is 12.8 Å². The normalized spacial score (nSPS) is 12.4. The molecule has 0 radical (unpaired) electrons. The van der Waals surface area contributed by atoms with Crippen LogP contribution in [0.1, 0.15) is 18.4 Å². The zero-order valence-corrected chi connectivity index (χ0v) is 10.9. The van der Waals surface area contributed by atoms with Crippen LogP contribution in [0.15, 0.2) is 30.3 Å². The first-order chi connectivity index (χ1) is 8.54. The second-order valence-electron chi connectivity index (χ2n) is 4.12. The largest absolute Gasteiger partial charge is 0.495 e. The van der Waals surface area contributed by atoms with Crippen molar-refractivity contribution >= 4 is 28.3 Å². The number of halogens is 1. The number of aliphatic carboxylic acids is 1. The van der Waals surface area contributed by atoms with Crippen molar-refractivity contribution in [3.63, 3.8) is 0 Å². The molecule has 0 unspecified atom stereocenters. The second kappa shape index (κ2) is 4.86. The first kappa shape index (κ1) is 12.7. The summed E-state index contributed by atoms with van der Waals surface area (Å²) in [6.45, 7) is 1.66. The molecule has 3 nitrogen and oxygen atoms in total. The van der Waals surface area contributed by atoms with E-state index in [2.05, 4.69) is 0 Å². The molecule has 94 valence electrons. The van der Waals surface area contributed by atoms with Crippen LogP contribution in [-0.2, 0) is 4.79 Å². The van der Waals surface area contributed by atoms with Crippen molar-refractivity contribution in [1.29, 1.82) is 0 Å². The van der Waals surface area contributed by atoms with Gasteiger partial charge in [0.15, 0.2) is 0 Å². The second-order valence-corrected chi connectivity index (χ2v) is 4.50. The van der Waals surface area contributed by atoms with Gasteiger partial charge in [0.2, 0.25) is 0 Å². The van der Waals surface area contributed by atoms with E-state index in [-0.39, 0.29) is 0 Å². The smallest absolute Gasteiger partial charge is 0.310 e. The maximum absolute atomic E-state index is 11.0. The minimum absolute atomic E-state index is 0.532. The summed E-state index contributed by atoms with van der Waals surface area (Å²) in [6, 6.07) is 9.11. The highest BCUT2D eigenvalue weighted by Crippen LogP contribution is 2.33. The summed E-state index contributed by atoms with van der Waals surface area (Å²) in [5, 5.41) is 11.3. The lowest BCUT2D eigenvalue weighted by Gasteiger charge is -2.10. The Hall–Kier alpha value is -1.74. The Morgan fingerprint density at radius 3 is 2.67 bits per heavy atom. The molecule has 2 rings (SSSR count).